The van der Waals surface area contributed by atoms with Crippen molar-refractivity contribution in [2.45, 2.75) is 20.0 Å². The molecular weight excluding hydrogens is 505 g/mol. The number of thioether (sulfide) groups is 1. The molecule has 6 heteroatoms. The number of para-hydroxylation sites is 2. The number of aromatic nitrogens is 1. The Balaban J connectivity index is 1.41. The van der Waals surface area contributed by atoms with Crippen LogP contribution in [-0.4, -0.2) is 20.5 Å². The van der Waals surface area contributed by atoms with Crippen molar-refractivity contribution >= 4 is 45.5 Å². The summed E-state index contributed by atoms with van der Waals surface area (Å²) in [5, 5.41) is 1.73. The predicted molar refractivity (Wildman–Crippen MR) is 158 cm³/mol. The van der Waals surface area contributed by atoms with E-state index in [-0.39, 0.29) is 11.7 Å². The predicted octanol–water partition coefficient (Wildman–Crippen LogP) is 7.94. The standard InChI is InChI=1S/C33H26FN3OS/c1-23-29(28-14-8-9-15-30(28)36(23)21-25-16-18-26(34)19-17-25)20-31-32(38)37(22-24-10-4-2-5-11-24)33(39-31)35-27-12-6-3-7-13-27/h2-20H,21-22H2,1H3/b31-20+,35-33?. The molecule has 0 atom stereocenters. The summed E-state index contributed by atoms with van der Waals surface area (Å²) in [5.41, 5.74) is 5.98. The van der Waals surface area contributed by atoms with Gasteiger partial charge in [-0.3, -0.25) is 9.69 Å². The highest BCUT2D eigenvalue weighted by molar-refractivity contribution is 8.18. The maximum atomic E-state index is 13.8. The molecule has 0 spiro atoms. The largest absolute Gasteiger partial charge is 0.340 e. The quantitative estimate of drug-likeness (QED) is 0.209. The lowest BCUT2D eigenvalue weighted by atomic mass is 10.1. The minimum absolute atomic E-state index is 0.0618. The molecule has 0 N–H and O–H groups in total. The Kier molecular flexibility index (Phi) is 6.86. The first-order valence-corrected chi connectivity index (χ1v) is 13.6. The van der Waals surface area contributed by atoms with Gasteiger partial charge in [0, 0.05) is 28.7 Å². The zero-order valence-electron chi connectivity index (χ0n) is 21.4. The van der Waals surface area contributed by atoms with Crippen molar-refractivity contribution in [3.63, 3.8) is 0 Å². The fourth-order valence-corrected chi connectivity index (χ4v) is 5.84. The maximum absolute atomic E-state index is 13.8. The average Bonchev–Trinajstić information content (AvgIpc) is 3.39. The second kappa shape index (κ2) is 10.8. The summed E-state index contributed by atoms with van der Waals surface area (Å²) in [6, 6.07) is 34.5. The van der Waals surface area contributed by atoms with Gasteiger partial charge in [-0.15, -0.1) is 0 Å². The minimum atomic E-state index is -0.247. The smallest absolute Gasteiger partial charge is 0.267 e. The molecule has 1 fully saturated rings. The van der Waals surface area contributed by atoms with E-state index in [1.165, 1.54) is 23.9 Å². The normalized spacial score (nSPS) is 15.6. The number of nitrogens with zero attached hydrogens (tertiary/aromatic N) is 3. The molecule has 1 aliphatic heterocycles. The zero-order chi connectivity index (χ0) is 26.8. The summed E-state index contributed by atoms with van der Waals surface area (Å²) in [7, 11) is 0. The third-order valence-electron chi connectivity index (χ3n) is 6.86. The highest BCUT2D eigenvalue weighted by Gasteiger charge is 2.34. The SMILES string of the molecule is Cc1c(/C=C2/SC(=Nc3ccccc3)N(Cc3ccccc3)C2=O)c2ccccc2n1Cc1ccc(F)cc1. The molecular formula is C33H26FN3OS. The number of carbonyl (C=O) groups excluding carboxylic acids is 1. The summed E-state index contributed by atoms with van der Waals surface area (Å²) in [5.74, 6) is -0.309. The van der Waals surface area contributed by atoms with Crippen LogP contribution in [0.4, 0.5) is 10.1 Å². The van der Waals surface area contributed by atoms with E-state index < -0.39 is 0 Å². The van der Waals surface area contributed by atoms with Crippen LogP contribution in [0.25, 0.3) is 17.0 Å². The van der Waals surface area contributed by atoms with Gasteiger partial charge in [0.15, 0.2) is 5.17 Å². The first kappa shape index (κ1) is 24.9. The van der Waals surface area contributed by atoms with Crippen molar-refractivity contribution in [2.24, 2.45) is 4.99 Å². The molecule has 0 aliphatic carbocycles. The Morgan fingerprint density at radius 3 is 2.18 bits per heavy atom. The number of amidine groups is 1. The van der Waals surface area contributed by atoms with Crippen molar-refractivity contribution in [2.75, 3.05) is 0 Å². The molecule has 5 aromatic rings. The van der Waals surface area contributed by atoms with Gasteiger partial charge in [-0.2, -0.15) is 0 Å². The molecule has 39 heavy (non-hydrogen) atoms. The van der Waals surface area contributed by atoms with E-state index in [1.54, 1.807) is 4.90 Å². The first-order valence-electron chi connectivity index (χ1n) is 12.8. The number of hydrogen-bond acceptors (Lipinski definition) is 3. The Morgan fingerprint density at radius 1 is 0.795 bits per heavy atom. The lowest BCUT2D eigenvalue weighted by Gasteiger charge is -2.15. The average molecular weight is 532 g/mol. The van der Waals surface area contributed by atoms with Gasteiger partial charge in [-0.1, -0.05) is 78.9 Å². The summed E-state index contributed by atoms with van der Waals surface area (Å²) < 4.78 is 15.7. The number of fused-ring (bicyclic) bond motifs is 1. The molecule has 1 saturated heterocycles. The second-order valence-corrected chi connectivity index (χ2v) is 10.5. The molecule has 0 unspecified atom stereocenters. The van der Waals surface area contributed by atoms with Crippen LogP contribution in [0, 0.1) is 12.7 Å². The van der Waals surface area contributed by atoms with Crippen molar-refractivity contribution in [1.82, 2.24) is 9.47 Å². The fraction of sp³-hybridized carbons (Fsp3) is 0.0909. The van der Waals surface area contributed by atoms with Crippen LogP contribution in [0.2, 0.25) is 0 Å². The van der Waals surface area contributed by atoms with Gasteiger partial charge in [0.2, 0.25) is 0 Å². The van der Waals surface area contributed by atoms with Crippen molar-refractivity contribution in [1.29, 1.82) is 0 Å². The van der Waals surface area contributed by atoms with Gasteiger partial charge in [-0.25, -0.2) is 9.38 Å². The fourth-order valence-electron chi connectivity index (χ4n) is 4.86. The summed E-state index contributed by atoms with van der Waals surface area (Å²) >= 11 is 1.40. The number of aliphatic imine (C=N–C) groups is 1. The molecule has 1 aromatic heterocycles. The van der Waals surface area contributed by atoms with Crippen LogP contribution >= 0.6 is 11.8 Å². The molecule has 0 radical (unpaired) electrons. The summed E-state index contributed by atoms with van der Waals surface area (Å²) in [6.45, 7) is 3.12. The molecule has 4 aromatic carbocycles. The minimum Gasteiger partial charge on any atom is -0.340 e. The van der Waals surface area contributed by atoms with Crippen LogP contribution in [0.5, 0.6) is 0 Å². The van der Waals surface area contributed by atoms with Crippen molar-refractivity contribution in [3.05, 3.63) is 142 Å². The van der Waals surface area contributed by atoms with E-state index in [9.17, 15) is 9.18 Å². The Bertz CT molecular complexity index is 1710. The summed E-state index contributed by atoms with van der Waals surface area (Å²) in [4.78, 5) is 21.0. The Labute approximate surface area is 231 Å². The van der Waals surface area contributed by atoms with Gasteiger partial charge in [0.1, 0.15) is 5.82 Å². The van der Waals surface area contributed by atoms with Crippen molar-refractivity contribution in [3.8, 4) is 0 Å². The van der Waals surface area contributed by atoms with Crippen LogP contribution in [0.15, 0.2) is 119 Å². The topological polar surface area (TPSA) is 37.6 Å². The number of hydrogen-bond donors (Lipinski definition) is 0. The van der Waals surface area contributed by atoms with Gasteiger partial charge in [0.25, 0.3) is 5.91 Å². The van der Waals surface area contributed by atoms with E-state index in [2.05, 4.69) is 23.6 Å². The van der Waals surface area contributed by atoms with Crippen LogP contribution in [0.3, 0.4) is 0 Å². The Hall–Kier alpha value is -4.42. The number of halogens is 1. The lowest BCUT2D eigenvalue weighted by Crippen LogP contribution is -2.28. The van der Waals surface area contributed by atoms with E-state index in [1.807, 2.05) is 91.0 Å². The van der Waals surface area contributed by atoms with Gasteiger partial charge >= 0.3 is 0 Å². The lowest BCUT2D eigenvalue weighted by molar-refractivity contribution is -0.122. The third-order valence-corrected chi connectivity index (χ3v) is 7.87. The van der Waals surface area contributed by atoms with Gasteiger partial charge in [0.05, 0.1) is 17.1 Å². The van der Waals surface area contributed by atoms with Gasteiger partial charge < -0.3 is 4.57 Å². The number of rotatable bonds is 6. The van der Waals surface area contributed by atoms with E-state index >= 15 is 0 Å². The van der Waals surface area contributed by atoms with Crippen LogP contribution < -0.4 is 0 Å². The molecule has 4 nitrogen and oxygen atoms in total. The highest BCUT2D eigenvalue weighted by Crippen LogP contribution is 2.37. The molecule has 0 saturated carbocycles. The van der Waals surface area contributed by atoms with Crippen LogP contribution in [0.1, 0.15) is 22.4 Å². The van der Waals surface area contributed by atoms with Crippen molar-refractivity contribution < 1.29 is 9.18 Å². The number of benzene rings is 4. The molecule has 0 bridgehead atoms. The maximum Gasteiger partial charge on any atom is 0.267 e. The second-order valence-electron chi connectivity index (χ2n) is 9.45. The zero-order valence-corrected chi connectivity index (χ0v) is 22.2. The van der Waals surface area contributed by atoms with E-state index in [0.29, 0.717) is 23.2 Å². The monoisotopic (exact) mass is 531 g/mol. The number of carbonyl (C=O) groups is 1. The van der Waals surface area contributed by atoms with E-state index in [4.69, 9.17) is 4.99 Å². The number of amides is 1. The molecule has 1 amide bonds. The van der Waals surface area contributed by atoms with E-state index in [0.717, 1.165) is 39.0 Å². The molecule has 192 valence electrons. The van der Waals surface area contributed by atoms with Crippen LogP contribution in [-0.2, 0) is 17.9 Å². The third kappa shape index (κ3) is 5.16. The van der Waals surface area contributed by atoms with Gasteiger partial charge in [-0.05, 0) is 66.2 Å². The first-order chi connectivity index (χ1) is 19.1. The Morgan fingerprint density at radius 2 is 1.44 bits per heavy atom. The molecule has 6 rings (SSSR count). The summed E-state index contributed by atoms with van der Waals surface area (Å²) in [6.07, 6.45) is 2.00. The highest BCUT2D eigenvalue weighted by atomic mass is 32.2. The molecule has 2 heterocycles. The molecule has 1 aliphatic rings.